The van der Waals surface area contributed by atoms with Gasteiger partial charge in [-0.15, -0.1) is 0 Å². The highest BCUT2D eigenvalue weighted by molar-refractivity contribution is 5.81. The molecule has 156 valence electrons. The molecule has 3 aromatic rings. The predicted molar refractivity (Wildman–Crippen MR) is 122 cm³/mol. The number of para-hydroxylation sites is 2. The van der Waals surface area contributed by atoms with Gasteiger partial charge >= 0.3 is 0 Å². The molecule has 0 bridgehead atoms. The lowest BCUT2D eigenvalue weighted by Crippen LogP contribution is -2.10. The van der Waals surface area contributed by atoms with Crippen molar-refractivity contribution in [3.8, 4) is 28.4 Å². The first-order valence-corrected chi connectivity index (χ1v) is 10.8. The second kappa shape index (κ2) is 9.71. The maximum absolute atomic E-state index is 6.28. The molecule has 0 heterocycles. The van der Waals surface area contributed by atoms with Crippen molar-refractivity contribution >= 4 is 0 Å². The Morgan fingerprint density at radius 3 is 2.37 bits per heavy atom. The number of fused-ring (bicyclic) bond motifs is 3. The van der Waals surface area contributed by atoms with Crippen LogP contribution in [0, 0.1) is 5.92 Å². The minimum atomic E-state index is 0.503. The number of ether oxygens (including phenoxy) is 3. The average Bonchev–Trinajstić information content (AvgIpc) is 3.17. The van der Waals surface area contributed by atoms with Crippen molar-refractivity contribution in [2.24, 2.45) is 5.92 Å². The van der Waals surface area contributed by atoms with E-state index in [1.54, 1.807) is 7.11 Å². The first-order chi connectivity index (χ1) is 14.8. The second-order valence-corrected chi connectivity index (χ2v) is 8.04. The van der Waals surface area contributed by atoms with Crippen LogP contribution in [-0.4, -0.2) is 20.3 Å². The summed E-state index contributed by atoms with van der Waals surface area (Å²) in [6.45, 7) is 3.71. The maximum Gasteiger partial charge on any atom is 0.161 e. The average molecular weight is 403 g/mol. The molecule has 0 saturated carbocycles. The number of benzene rings is 3. The van der Waals surface area contributed by atoms with E-state index in [4.69, 9.17) is 14.2 Å². The molecular formula is C27H30O3. The van der Waals surface area contributed by atoms with Crippen LogP contribution >= 0.6 is 0 Å². The van der Waals surface area contributed by atoms with Crippen molar-refractivity contribution in [3.63, 3.8) is 0 Å². The molecule has 0 aromatic heterocycles. The summed E-state index contributed by atoms with van der Waals surface area (Å²) >= 11 is 0. The largest absolute Gasteiger partial charge is 0.493 e. The summed E-state index contributed by atoms with van der Waals surface area (Å²) in [6, 6.07) is 22.9. The van der Waals surface area contributed by atoms with E-state index in [0.717, 1.165) is 49.5 Å². The number of hydrogen-bond donors (Lipinski definition) is 0. The van der Waals surface area contributed by atoms with Crippen LogP contribution in [0.1, 0.15) is 37.3 Å². The van der Waals surface area contributed by atoms with E-state index < -0.39 is 0 Å². The van der Waals surface area contributed by atoms with Gasteiger partial charge in [0.15, 0.2) is 11.5 Å². The second-order valence-electron chi connectivity index (χ2n) is 8.04. The van der Waals surface area contributed by atoms with E-state index in [9.17, 15) is 0 Å². The summed E-state index contributed by atoms with van der Waals surface area (Å²) in [4.78, 5) is 0. The Bertz CT molecular complexity index is 979. The van der Waals surface area contributed by atoms with Crippen molar-refractivity contribution in [1.82, 2.24) is 0 Å². The van der Waals surface area contributed by atoms with Crippen molar-refractivity contribution in [3.05, 3.63) is 77.9 Å². The fraction of sp³-hybridized carbons (Fsp3) is 0.333. The smallest absolute Gasteiger partial charge is 0.161 e. The van der Waals surface area contributed by atoms with Gasteiger partial charge in [0.05, 0.1) is 20.3 Å². The highest BCUT2D eigenvalue weighted by Gasteiger charge is 2.21. The summed E-state index contributed by atoms with van der Waals surface area (Å²) in [6.07, 6.45) is 4.28. The van der Waals surface area contributed by atoms with Gasteiger partial charge in [-0.3, -0.25) is 0 Å². The topological polar surface area (TPSA) is 27.7 Å². The van der Waals surface area contributed by atoms with Gasteiger partial charge in [0.2, 0.25) is 0 Å². The summed E-state index contributed by atoms with van der Waals surface area (Å²) < 4.78 is 17.5. The quantitative estimate of drug-likeness (QED) is 0.282. The molecule has 1 aliphatic rings. The van der Waals surface area contributed by atoms with E-state index >= 15 is 0 Å². The zero-order valence-corrected chi connectivity index (χ0v) is 17.9. The molecule has 0 spiro atoms. The SMILES string of the molecule is COc1ccccc1OCCCCC(C)COc1cccc2c1-c1ccccc1C2. The van der Waals surface area contributed by atoms with Crippen molar-refractivity contribution in [1.29, 1.82) is 0 Å². The van der Waals surface area contributed by atoms with Crippen LogP contribution in [-0.2, 0) is 6.42 Å². The Kier molecular flexibility index (Phi) is 6.58. The van der Waals surface area contributed by atoms with Crippen LogP contribution in [0.2, 0.25) is 0 Å². The molecule has 0 saturated heterocycles. The molecule has 3 heteroatoms. The number of rotatable bonds is 10. The number of methoxy groups -OCH3 is 1. The van der Waals surface area contributed by atoms with Crippen LogP contribution in [0.5, 0.6) is 17.2 Å². The third-order valence-corrected chi connectivity index (χ3v) is 5.72. The fourth-order valence-electron chi connectivity index (χ4n) is 4.10. The van der Waals surface area contributed by atoms with Gasteiger partial charge in [0.25, 0.3) is 0 Å². The van der Waals surface area contributed by atoms with Gasteiger partial charge in [-0.2, -0.15) is 0 Å². The van der Waals surface area contributed by atoms with E-state index in [0.29, 0.717) is 12.5 Å². The molecule has 0 radical (unpaired) electrons. The molecule has 4 rings (SSSR count). The van der Waals surface area contributed by atoms with Gasteiger partial charge in [-0.1, -0.05) is 55.5 Å². The third-order valence-electron chi connectivity index (χ3n) is 5.72. The summed E-state index contributed by atoms with van der Waals surface area (Å²) in [5.74, 6) is 3.12. The van der Waals surface area contributed by atoms with Crippen molar-refractivity contribution in [2.75, 3.05) is 20.3 Å². The zero-order chi connectivity index (χ0) is 20.8. The third kappa shape index (κ3) is 4.62. The summed E-state index contributed by atoms with van der Waals surface area (Å²) in [5, 5.41) is 0. The molecule has 0 fully saturated rings. The summed E-state index contributed by atoms with van der Waals surface area (Å²) in [7, 11) is 1.67. The molecule has 3 nitrogen and oxygen atoms in total. The van der Waals surface area contributed by atoms with E-state index in [2.05, 4.69) is 49.4 Å². The van der Waals surface area contributed by atoms with Gasteiger partial charge < -0.3 is 14.2 Å². The maximum atomic E-state index is 6.28. The number of hydrogen-bond acceptors (Lipinski definition) is 3. The molecule has 1 atom stereocenters. The molecule has 1 unspecified atom stereocenters. The van der Waals surface area contributed by atoms with E-state index in [-0.39, 0.29) is 0 Å². The fourth-order valence-corrected chi connectivity index (χ4v) is 4.10. The molecular weight excluding hydrogens is 372 g/mol. The zero-order valence-electron chi connectivity index (χ0n) is 17.9. The highest BCUT2D eigenvalue weighted by atomic mass is 16.5. The summed E-state index contributed by atoms with van der Waals surface area (Å²) in [5.41, 5.74) is 5.37. The highest BCUT2D eigenvalue weighted by Crippen LogP contribution is 2.42. The van der Waals surface area contributed by atoms with Crippen LogP contribution < -0.4 is 14.2 Å². The Morgan fingerprint density at radius 1 is 0.767 bits per heavy atom. The molecule has 0 N–H and O–H groups in total. The van der Waals surface area contributed by atoms with Crippen LogP contribution in [0.4, 0.5) is 0 Å². The molecule has 30 heavy (non-hydrogen) atoms. The Hall–Kier alpha value is -2.94. The van der Waals surface area contributed by atoms with Gasteiger partial charge in [0.1, 0.15) is 5.75 Å². The minimum absolute atomic E-state index is 0.503. The Labute approximate surface area is 179 Å². The lowest BCUT2D eigenvalue weighted by molar-refractivity contribution is 0.241. The van der Waals surface area contributed by atoms with E-state index in [1.807, 2.05) is 24.3 Å². The predicted octanol–water partition coefficient (Wildman–Crippen LogP) is 6.53. The molecule has 0 aliphatic heterocycles. The first kappa shape index (κ1) is 20.3. The molecule has 1 aliphatic carbocycles. The van der Waals surface area contributed by atoms with Gasteiger partial charge in [0, 0.05) is 5.56 Å². The first-order valence-electron chi connectivity index (χ1n) is 10.8. The van der Waals surface area contributed by atoms with Crippen molar-refractivity contribution in [2.45, 2.75) is 32.6 Å². The van der Waals surface area contributed by atoms with Gasteiger partial charge in [-0.05, 0) is 66.5 Å². The van der Waals surface area contributed by atoms with Crippen LogP contribution in [0.25, 0.3) is 11.1 Å². The number of unbranched alkanes of at least 4 members (excludes halogenated alkanes) is 1. The Balaban J connectivity index is 1.23. The monoisotopic (exact) mass is 402 g/mol. The standard InChI is InChI=1S/C27H30O3/c1-20(10-7-8-17-29-25-15-6-5-14-24(25)28-2)19-30-26-16-9-12-22-18-21-11-3-4-13-23(21)27(22)26/h3-6,9,11-16,20H,7-8,10,17-19H2,1-2H3. The molecule has 3 aromatic carbocycles. The minimum Gasteiger partial charge on any atom is -0.493 e. The van der Waals surface area contributed by atoms with Crippen molar-refractivity contribution < 1.29 is 14.2 Å². The van der Waals surface area contributed by atoms with Crippen LogP contribution in [0.3, 0.4) is 0 Å². The van der Waals surface area contributed by atoms with Crippen LogP contribution in [0.15, 0.2) is 66.7 Å². The lowest BCUT2D eigenvalue weighted by atomic mass is 10.0. The lowest BCUT2D eigenvalue weighted by Gasteiger charge is -2.16. The van der Waals surface area contributed by atoms with E-state index in [1.165, 1.54) is 22.3 Å². The molecule has 0 amide bonds. The Morgan fingerprint density at radius 2 is 1.50 bits per heavy atom. The normalized spacial score (nSPS) is 12.7. The van der Waals surface area contributed by atoms with Gasteiger partial charge in [-0.25, -0.2) is 0 Å².